The van der Waals surface area contributed by atoms with Crippen molar-refractivity contribution in [3.05, 3.63) is 19.9 Å². The average Bonchev–Trinajstić information content (AvgIpc) is 2.34. The van der Waals surface area contributed by atoms with Gasteiger partial charge in [0.1, 0.15) is 6.04 Å². The lowest BCUT2D eigenvalue weighted by Gasteiger charge is -1.94. The Hall–Kier alpha value is -0.120. The number of nitrogens with zero attached hydrogens (tertiary/aromatic N) is 1. The van der Waals surface area contributed by atoms with Crippen LogP contribution >= 0.6 is 33.9 Å². The minimum atomic E-state index is -0.459. The van der Waals surface area contributed by atoms with E-state index < -0.39 is 6.04 Å². The number of hydrogen-bond donors (Lipinski definition) is 1. The molecule has 0 bridgehead atoms. The molecule has 0 aromatic carbocycles. The zero-order chi connectivity index (χ0) is 7.56. The van der Waals surface area contributed by atoms with E-state index in [1.807, 2.05) is 17.5 Å². The molecule has 0 fully saturated rings. The summed E-state index contributed by atoms with van der Waals surface area (Å²) in [4.78, 5) is 0. The third-order valence-electron chi connectivity index (χ3n) is 1.09. The molecule has 2 N–H and O–H groups in total. The van der Waals surface area contributed by atoms with Crippen LogP contribution in [0.25, 0.3) is 0 Å². The van der Waals surface area contributed by atoms with E-state index in [9.17, 15) is 0 Å². The Morgan fingerprint density at radius 3 is 2.90 bits per heavy atom. The Kier molecular flexibility index (Phi) is 2.65. The summed E-state index contributed by atoms with van der Waals surface area (Å²) in [5, 5.41) is 10.3. The summed E-state index contributed by atoms with van der Waals surface area (Å²) in [5.74, 6) is 0. The molecule has 52 valence electrons. The van der Waals surface area contributed by atoms with E-state index in [-0.39, 0.29) is 0 Å². The van der Waals surface area contributed by atoms with Crippen LogP contribution in [-0.4, -0.2) is 0 Å². The molecule has 0 aliphatic carbocycles. The molecule has 0 aliphatic rings. The van der Waals surface area contributed by atoms with E-state index in [0.717, 1.165) is 5.56 Å². The van der Waals surface area contributed by atoms with Gasteiger partial charge in [0, 0.05) is 0 Å². The monoisotopic (exact) mass is 264 g/mol. The first-order valence-corrected chi connectivity index (χ1v) is 4.59. The summed E-state index contributed by atoms with van der Waals surface area (Å²) in [5.41, 5.74) is 6.36. The van der Waals surface area contributed by atoms with Gasteiger partial charge in [-0.3, -0.25) is 0 Å². The number of rotatable bonds is 1. The van der Waals surface area contributed by atoms with Gasteiger partial charge in [0.25, 0.3) is 0 Å². The quantitative estimate of drug-likeness (QED) is 0.787. The molecule has 1 unspecified atom stereocenters. The first-order chi connectivity index (χ1) is 4.74. The fourth-order valence-electron chi connectivity index (χ4n) is 0.561. The minimum Gasteiger partial charge on any atom is -0.312 e. The van der Waals surface area contributed by atoms with E-state index in [0.29, 0.717) is 0 Å². The van der Waals surface area contributed by atoms with Crippen molar-refractivity contribution in [2.24, 2.45) is 5.73 Å². The fourth-order valence-corrected chi connectivity index (χ4v) is 1.97. The summed E-state index contributed by atoms with van der Waals surface area (Å²) in [6, 6.07) is 3.45. The third-order valence-corrected chi connectivity index (χ3v) is 2.89. The molecule has 1 atom stereocenters. The molecule has 0 saturated carbocycles. The zero-order valence-electron chi connectivity index (χ0n) is 5.04. The number of thiophene rings is 1. The van der Waals surface area contributed by atoms with Gasteiger partial charge in [0.2, 0.25) is 0 Å². The number of nitriles is 1. The van der Waals surface area contributed by atoms with Gasteiger partial charge in [-0.25, -0.2) is 0 Å². The fraction of sp³-hybridized carbons (Fsp3) is 0.167. The van der Waals surface area contributed by atoms with Crippen LogP contribution < -0.4 is 5.73 Å². The Morgan fingerprint density at radius 1 is 1.80 bits per heavy atom. The van der Waals surface area contributed by atoms with E-state index in [1.165, 1.54) is 2.88 Å². The van der Waals surface area contributed by atoms with Crippen molar-refractivity contribution in [2.75, 3.05) is 0 Å². The maximum absolute atomic E-state index is 8.42. The molecule has 1 aromatic heterocycles. The van der Waals surface area contributed by atoms with Crippen LogP contribution in [0.15, 0.2) is 11.4 Å². The van der Waals surface area contributed by atoms with Crippen molar-refractivity contribution in [1.82, 2.24) is 0 Å². The molecule has 10 heavy (non-hydrogen) atoms. The van der Waals surface area contributed by atoms with Crippen LogP contribution in [0.3, 0.4) is 0 Å². The number of halogens is 1. The second-order valence-electron chi connectivity index (χ2n) is 1.79. The lowest BCUT2D eigenvalue weighted by atomic mass is 10.2. The van der Waals surface area contributed by atoms with Crippen LogP contribution in [0.4, 0.5) is 0 Å². The summed E-state index contributed by atoms with van der Waals surface area (Å²) >= 11 is 3.81. The Bertz CT molecular complexity index is 263. The highest BCUT2D eigenvalue weighted by atomic mass is 127. The van der Waals surface area contributed by atoms with Crippen LogP contribution in [0, 0.1) is 14.2 Å². The Balaban J connectivity index is 2.87. The summed E-state index contributed by atoms with van der Waals surface area (Å²) in [6.45, 7) is 0. The lowest BCUT2D eigenvalue weighted by Crippen LogP contribution is -2.05. The van der Waals surface area contributed by atoms with Crippen LogP contribution in [0.5, 0.6) is 0 Å². The second-order valence-corrected chi connectivity index (χ2v) is 4.60. The normalized spacial score (nSPS) is 12.5. The first-order valence-electron chi connectivity index (χ1n) is 2.63. The number of hydrogen-bond acceptors (Lipinski definition) is 3. The Morgan fingerprint density at radius 2 is 2.50 bits per heavy atom. The van der Waals surface area contributed by atoms with Crippen LogP contribution in [0.2, 0.25) is 0 Å². The highest BCUT2D eigenvalue weighted by Crippen LogP contribution is 2.20. The maximum Gasteiger partial charge on any atom is 0.119 e. The summed E-state index contributed by atoms with van der Waals surface area (Å²) in [6.07, 6.45) is 0. The highest BCUT2D eigenvalue weighted by Gasteiger charge is 2.04. The molecule has 4 heteroatoms. The Labute approximate surface area is 76.8 Å². The highest BCUT2D eigenvalue weighted by molar-refractivity contribution is 14.1. The molecule has 0 saturated heterocycles. The van der Waals surface area contributed by atoms with Crippen molar-refractivity contribution in [3.8, 4) is 6.07 Å². The lowest BCUT2D eigenvalue weighted by molar-refractivity contribution is 0.932. The molecule has 1 rings (SSSR count). The van der Waals surface area contributed by atoms with Gasteiger partial charge >= 0.3 is 0 Å². The second kappa shape index (κ2) is 3.32. The predicted octanol–water partition coefficient (Wildman–Crippen LogP) is 1.88. The molecule has 1 aromatic rings. The first kappa shape index (κ1) is 7.98. The van der Waals surface area contributed by atoms with Gasteiger partial charge in [0.05, 0.1) is 8.95 Å². The summed E-state index contributed by atoms with van der Waals surface area (Å²) < 4.78 is 1.17. The molecule has 0 spiro atoms. The van der Waals surface area contributed by atoms with E-state index in [2.05, 4.69) is 22.6 Å². The van der Waals surface area contributed by atoms with Gasteiger partial charge in [-0.1, -0.05) is 0 Å². The van der Waals surface area contributed by atoms with Gasteiger partial charge in [-0.2, -0.15) is 5.26 Å². The maximum atomic E-state index is 8.42. The average molecular weight is 264 g/mol. The van der Waals surface area contributed by atoms with E-state index in [1.54, 1.807) is 11.3 Å². The number of nitrogens with two attached hydrogens (primary N) is 1. The van der Waals surface area contributed by atoms with Gasteiger partial charge < -0.3 is 5.73 Å². The van der Waals surface area contributed by atoms with Crippen molar-refractivity contribution in [2.45, 2.75) is 6.04 Å². The molecular weight excluding hydrogens is 259 g/mol. The smallest absolute Gasteiger partial charge is 0.119 e. The van der Waals surface area contributed by atoms with Crippen molar-refractivity contribution >= 4 is 33.9 Å². The SMILES string of the molecule is N#CC(N)c1csc(I)c1. The van der Waals surface area contributed by atoms with Gasteiger partial charge in [-0.05, 0) is 39.6 Å². The van der Waals surface area contributed by atoms with Crippen LogP contribution in [0.1, 0.15) is 11.6 Å². The van der Waals surface area contributed by atoms with Crippen molar-refractivity contribution in [1.29, 1.82) is 5.26 Å². The van der Waals surface area contributed by atoms with Crippen LogP contribution in [-0.2, 0) is 0 Å². The minimum absolute atomic E-state index is 0.459. The molecule has 1 heterocycles. The van der Waals surface area contributed by atoms with Crippen molar-refractivity contribution < 1.29 is 0 Å². The largest absolute Gasteiger partial charge is 0.312 e. The predicted molar refractivity (Wildman–Crippen MR) is 49.6 cm³/mol. The zero-order valence-corrected chi connectivity index (χ0v) is 8.02. The van der Waals surface area contributed by atoms with E-state index >= 15 is 0 Å². The third kappa shape index (κ3) is 1.68. The molecule has 0 amide bonds. The van der Waals surface area contributed by atoms with E-state index in [4.69, 9.17) is 11.0 Å². The van der Waals surface area contributed by atoms with Gasteiger partial charge in [0.15, 0.2) is 0 Å². The molecule has 2 nitrogen and oxygen atoms in total. The summed E-state index contributed by atoms with van der Waals surface area (Å²) in [7, 11) is 0. The van der Waals surface area contributed by atoms with Gasteiger partial charge in [-0.15, -0.1) is 11.3 Å². The van der Waals surface area contributed by atoms with Crippen molar-refractivity contribution in [3.63, 3.8) is 0 Å². The standard InChI is InChI=1S/C6H5IN2S/c7-6-1-4(3-10-6)5(9)2-8/h1,3,5H,9H2. The topological polar surface area (TPSA) is 49.8 Å². The molecule has 0 aliphatic heterocycles. The molecule has 0 radical (unpaired) electrons. The molecular formula is C6H5IN2S.